The van der Waals surface area contributed by atoms with Crippen molar-refractivity contribution in [2.24, 2.45) is 11.8 Å². The highest BCUT2D eigenvalue weighted by atomic mass is 16.4. The lowest BCUT2D eigenvalue weighted by atomic mass is 9.97. The molecule has 0 aromatic heterocycles. The summed E-state index contributed by atoms with van der Waals surface area (Å²) in [6.07, 6.45) is 5.31. The van der Waals surface area contributed by atoms with Crippen LogP contribution in [0.3, 0.4) is 0 Å². The zero-order chi connectivity index (χ0) is 12.4. The molecule has 0 unspecified atom stereocenters. The zero-order valence-corrected chi connectivity index (χ0v) is 10.2. The second-order valence-electron chi connectivity index (χ2n) is 5.10. The van der Waals surface area contributed by atoms with Crippen molar-refractivity contribution in [1.82, 2.24) is 4.90 Å². The predicted octanol–water partition coefficient (Wildman–Crippen LogP) is 1.67. The summed E-state index contributed by atoms with van der Waals surface area (Å²) in [5.74, 6) is -0.330. The molecule has 1 saturated heterocycles. The monoisotopic (exact) mass is 237 g/mol. The average molecular weight is 237 g/mol. The third kappa shape index (κ3) is 3.08. The number of carbonyl (C=O) groups excluding carboxylic acids is 1. The van der Waals surface area contributed by atoms with Crippen LogP contribution in [0.5, 0.6) is 0 Å². The second-order valence-corrected chi connectivity index (χ2v) is 5.10. The molecule has 0 atom stereocenters. The summed E-state index contributed by atoms with van der Waals surface area (Å²) in [4.78, 5) is 24.5. The second kappa shape index (κ2) is 4.90. The Morgan fingerprint density at radius 3 is 2.18 bits per heavy atom. The summed E-state index contributed by atoms with van der Waals surface area (Å²) in [6, 6.07) is 0. The Morgan fingerprint density at radius 2 is 1.71 bits per heavy atom. The molecule has 0 aromatic carbocycles. The van der Waals surface area contributed by atoms with Crippen molar-refractivity contribution < 1.29 is 14.7 Å². The van der Waals surface area contributed by atoms with Gasteiger partial charge in [0.05, 0.1) is 5.92 Å². The molecule has 4 nitrogen and oxygen atoms in total. The Hall–Kier alpha value is -1.32. The fraction of sp³-hybridized carbons (Fsp3) is 0.692. The van der Waals surface area contributed by atoms with Crippen LogP contribution in [0.1, 0.15) is 32.6 Å². The van der Waals surface area contributed by atoms with Gasteiger partial charge in [0.25, 0.3) is 0 Å². The van der Waals surface area contributed by atoms with Gasteiger partial charge in [-0.05, 0) is 38.5 Å². The van der Waals surface area contributed by atoms with Crippen LogP contribution in [0.15, 0.2) is 11.6 Å². The molecule has 1 amide bonds. The third-order valence-corrected chi connectivity index (χ3v) is 3.73. The van der Waals surface area contributed by atoms with Crippen LogP contribution in [0.25, 0.3) is 0 Å². The van der Waals surface area contributed by atoms with E-state index in [9.17, 15) is 9.59 Å². The Kier molecular flexibility index (Phi) is 3.50. The van der Waals surface area contributed by atoms with Crippen molar-refractivity contribution >= 4 is 11.9 Å². The van der Waals surface area contributed by atoms with E-state index < -0.39 is 5.97 Å². The fourth-order valence-electron chi connectivity index (χ4n) is 2.29. The number of aliphatic carboxylic acids is 1. The van der Waals surface area contributed by atoms with Gasteiger partial charge in [0.2, 0.25) is 5.91 Å². The maximum Gasteiger partial charge on any atom is 0.306 e. The highest BCUT2D eigenvalue weighted by Gasteiger charge is 2.28. The quantitative estimate of drug-likeness (QED) is 0.759. The van der Waals surface area contributed by atoms with Crippen molar-refractivity contribution in [3.8, 4) is 0 Å². The van der Waals surface area contributed by atoms with E-state index in [1.54, 1.807) is 11.0 Å². The summed E-state index contributed by atoms with van der Waals surface area (Å²) in [5, 5.41) is 8.87. The first kappa shape index (κ1) is 12.1. The number of carbonyl (C=O) groups is 2. The molecule has 2 rings (SSSR count). The fourth-order valence-corrected chi connectivity index (χ4v) is 2.29. The number of hydrogen-bond donors (Lipinski definition) is 1. The molecule has 0 radical (unpaired) electrons. The number of carboxylic acid groups (broad SMARTS) is 1. The Balaban J connectivity index is 1.85. The molecule has 4 heteroatoms. The van der Waals surface area contributed by atoms with Crippen molar-refractivity contribution in [3.05, 3.63) is 11.6 Å². The maximum absolute atomic E-state index is 11.9. The van der Waals surface area contributed by atoms with E-state index in [-0.39, 0.29) is 11.8 Å². The standard InChI is InChI=1S/C13H19NO3/c1-9(10-2-3-10)8-12(15)14-6-4-11(5-7-14)13(16)17/h8,10-11H,2-7H2,1H3,(H,16,17)/b9-8-. The number of piperidine rings is 1. The molecule has 1 saturated carbocycles. The number of rotatable bonds is 3. The molecule has 2 fully saturated rings. The zero-order valence-electron chi connectivity index (χ0n) is 10.2. The lowest BCUT2D eigenvalue weighted by Crippen LogP contribution is -2.39. The van der Waals surface area contributed by atoms with Crippen LogP contribution in [-0.2, 0) is 9.59 Å². The van der Waals surface area contributed by atoms with E-state index in [1.165, 1.54) is 18.4 Å². The first-order chi connectivity index (χ1) is 8.08. The van der Waals surface area contributed by atoms with Gasteiger partial charge in [-0.1, -0.05) is 5.57 Å². The van der Waals surface area contributed by atoms with Crippen LogP contribution < -0.4 is 0 Å². The van der Waals surface area contributed by atoms with E-state index in [4.69, 9.17) is 5.11 Å². The van der Waals surface area contributed by atoms with Crippen molar-refractivity contribution in [2.45, 2.75) is 32.6 Å². The first-order valence-electron chi connectivity index (χ1n) is 6.28. The predicted molar refractivity (Wildman–Crippen MR) is 63.4 cm³/mol. The van der Waals surface area contributed by atoms with Crippen LogP contribution in [-0.4, -0.2) is 35.0 Å². The molecule has 2 aliphatic rings. The molecule has 0 aromatic rings. The summed E-state index contributed by atoms with van der Waals surface area (Å²) in [6.45, 7) is 3.16. The normalized spacial score (nSPS) is 22.6. The minimum Gasteiger partial charge on any atom is -0.481 e. The SMILES string of the molecule is C/C(=C/C(=O)N1CCC(C(=O)O)CC1)C1CC1. The van der Waals surface area contributed by atoms with Gasteiger partial charge in [0.15, 0.2) is 0 Å². The van der Waals surface area contributed by atoms with E-state index in [0.717, 1.165) is 0 Å². The van der Waals surface area contributed by atoms with Gasteiger partial charge in [-0.3, -0.25) is 9.59 Å². The summed E-state index contributed by atoms with van der Waals surface area (Å²) < 4.78 is 0. The summed E-state index contributed by atoms with van der Waals surface area (Å²) in [5.41, 5.74) is 1.18. The molecule has 17 heavy (non-hydrogen) atoms. The average Bonchev–Trinajstić information content (AvgIpc) is 3.12. The molecule has 1 aliphatic heterocycles. The maximum atomic E-state index is 11.9. The summed E-state index contributed by atoms with van der Waals surface area (Å²) in [7, 11) is 0. The molecule has 1 aliphatic carbocycles. The Bertz CT molecular complexity index is 350. The Labute approximate surface area is 101 Å². The number of hydrogen-bond acceptors (Lipinski definition) is 2. The van der Waals surface area contributed by atoms with E-state index in [0.29, 0.717) is 31.8 Å². The topological polar surface area (TPSA) is 57.6 Å². The van der Waals surface area contributed by atoms with Crippen molar-refractivity contribution in [1.29, 1.82) is 0 Å². The lowest BCUT2D eigenvalue weighted by Gasteiger charge is -2.29. The van der Waals surface area contributed by atoms with Gasteiger partial charge in [-0.2, -0.15) is 0 Å². The highest BCUT2D eigenvalue weighted by Crippen LogP contribution is 2.36. The number of nitrogens with zero attached hydrogens (tertiary/aromatic N) is 1. The highest BCUT2D eigenvalue weighted by molar-refractivity contribution is 5.88. The van der Waals surface area contributed by atoms with Gasteiger partial charge in [0.1, 0.15) is 0 Å². The number of likely N-dealkylation sites (tertiary alicyclic amines) is 1. The molecular formula is C13H19NO3. The number of amides is 1. The largest absolute Gasteiger partial charge is 0.481 e. The molecular weight excluding hydrogens is 218 g/mol. The van der Waals surface area contributed by atoms with Gasteiger partial charge in [-0.15, -0.1) is 0 Å². The van der Waals surface area contributed by atoms with Gasteiger partial charge in [-0.25, -0.2) is 0 Å². The molecule has 94 valence electrons. The van der Waals surface area contributed by atoms with Crippen molar-refractivity contribution in [2.75, 3.05) is 13.1 Å². The van der Waals surface area contributed by atoms with E-state index in [1.807, 2.05) is 6.92 Å². The third-order valence-electron chi connectivity index (χ3n) is 3.73. The van der Waals surface area contributed by atoms with Crippen molar-refractivity contribution in [3.63, 3.8) is 0 Å². The lowest BCUT2D eigenvalue weighted by molar-refractivity contribution is -0.144. The smallest absolute Gasteiger partial charge is 0.306 e. The van der Waals surface area contributed by atoms with Crippen LogP contribution in [0, 0.1) is 11.8 Å². The number of allylic oxidation sites excluding steroid dienone is 1. The van der Waals surface area contributed by atoms with Gasteiger partial charge < -0.3 is 10.0 Å². The first-order valence-corrected chi connectivity index (χ1v) is 6.28. The minimum atomic E-state index is -0.734. The summed E-state index contributed by atoms with van der Waals surface area (Å²) >= 11 is 0. The Morgan fingerprint density at radius 1 is 1.12 bits per heavy atom. The molecule has 1 N–H and O–H groups in total. The minimum absolute atomic E-state index is 0.0539. The number of carboxylic acids is 1. The molecule has 1 heterocycles. The van der Waals surface area contributed by atoms with Crippen LogP contribution in [0.2, 0.25) is 0 Å². The van der Waals surface area contributed by atoms with Crippen LogP contribution >= 0.6 is 0 Å². The van der Waals surface area contributed by atoms with Gasteiger partial charge >= 0.3 is 5.97 Å². The van der Waals surface area contributed by atoms with Gasteiger partial charge in [0, 0.05) is 19.2 Å². The van der Waals surface area contributed by atoms with E-state index >= 15 is 0 Å². The molecule has 0 spiro atoms. The van der Waals surface area contributed by atoms with Crippen LogP contribution in [0.4, 0.5) is 0 Å². The van der Waals surface area contributed by atoms with E-state index in [2.05, 4.69) is 0 Å². The molecule has 0 bridgehead atoms.